The molecule has 0 heterocycles. The van der Waals surface area contributed by atoms with Crippen LogP contribution in [0.1, 0.15) is 45.4 Å². The van der Waals surface area contributed by atoms with Gasteiger partial charge in [-0.3, -0.25) is 0 Å². The molecular formula is C11H23NO3S. The Hall–Kier alpha value is -0.130. The lowest BCUT2D eigenvalue weighted by atomic mass is 9.90. The molecule has 96 valence electrons. The first-order valence-electron chi connectivity index (χ1n) is 6.19. The maximum Gasteiger partial charge on any atom is 0.214 e. The van der Waals surface area contributed by atoms with Crippen molar-refractivity contribution in [2.75, 3.05) is 12.3 Å². The molecule has 0 radical (unpaired) electrons. The van der Waals surface area contributed by atoms with Crippen molar-refractivity contribution in [2.24, 2.45) is 5.92 Å². The van der Waals surface area contributed by atoms with Crippen molar-refractivity contribution in [3.05, 3.63) is 0 Å². The molecule has 0 aromatic carbocycles. The van der Waals surface area contributed by atoms with Gasteiger partial charge in [-0.15, -0.1) is 0 Å². The number of sulfonamides is 1. The van der Waals surface area contributed by atoms with E-state index >= 15 is 0 Å². The van der Waals surface area contributed by atoms with Gasteiger partial charge in [0.2, 0.25) is 10.0 Å². The number of aliphatic hydroxyl groups excluding tert-OH is 1. The minimum Gasteiger partial charge on any atom is -0.392 e. The first kappa shape index (κ1) is 13.9. The molecule has 0 saturated heterocycles. The van der Waals surface area contributed by atoms with Crippen molar-refractivity contribution in [1.29, 1.82) is 0 Å². The number of nitrogens with one attached hydrogen (secondary N) is 1. The Kier molecular flexibility index (Phi) is 5.72. The van der Waals surface area contributed by atoms with Crippen LogP contribution in [0.3, 0.4) is 0 Å². The molecule has 1 rings (SSSR count). The molecule has 0 aliphatic heterocycles. The Labute approximate surface area is 98.5 Å². The van der Waals surface area contributed by atoms with Crippen LogP contribution in [0.25, 0.3) is 0 Å². The molecule has 5 heteroatoms. The van der Waals surface area contributed by atoms with Gasteiger partial charge in [0.05, 0.1) is 11.9 Å². The molecule has 1 aliphatic carbocycles. The lowest BCUT2D eigenvalue weighted by Crippen LogP contribution is -2.35. The molecule has 0 amide bonds. The van der Waals surface area contributed by atoms with E-state index in [1.54, 1.807) is 6.92 Å². The minimum atomic E-state index is -3.29. The summed E-state index contributed by atoms with van der Waals surface area (Å²) in [7, 11) is -3.29. The van der Waals surface area contributed by atoms with Crippen LogP contribution in [-0.4, -0.2) is 31.9 Å². The fourth-order valence-corrected chi connectivity index (χ4v) is 3.42. The third-order valence-electron chi connectivity index (χ3n) is 3.20. The summed E-state index contributed by atoms with van der Waals surface area (Å²) in [6.07, 6.45) is 5.68. The van der Waals surface area contributed by atoms with Crippen LogP contribution in [0.2, 0.25) is 0 Å². The van der Waals surface area contributed by atoms with Crippen LogP contribution < -0.4 is 4.72 Å². The quantitative estimate of drug-likeness (QED) is 0.744. The Bertz CT molecular complexity index is 284. The van der Waals surface area contributed by atoms with Crippen LogP contribution in [0.5, 0.6) is 0 Å². The zero-order chi connectivity index (χ0) is 12.0. The number of hydrogen-bond donors (Lipinski definition) is 2. The molecule has 1 saturated carbocycles. The van der Waals surface area contributed by atoms with Gasteiger partial charge in [-0.25, -0.2) is 13.1 Å². The van der Waals surface area contributed by atoms with Gasteiger partial charge >= 0.3 is 0 Å². The normalized spacial score (nSPS) is 20.9. The van der Waals surface area contributed by atoms with Crippen LogP contribution in [-0.2, 0) is 10.0 Å². The molecular weight excluding hydrogens is 226 g/mol. The maximum absolute atomic E-state index is 11.6. The summed E-state index contributed by atoms with van der Waals surface area (Å²) in [6, 6.07) is 0. The summed E-state index contributed by atoms with van der Waals surface area (Å²) in [6.45, 7) is 2.32. The number of aliphatic hydroxyl groups is 1. The standard InChI is InChI=1S/C11H23NO3S/c1-2-11(13)9-16(14,15)12-8-10-6-4-3-5-7-10/h10-13H,2-9H2,1H3. The molecule has 0 aromatic heterocycles. The molecule has 4 nitrogen and oxygen atoms in total. The monoisotopic (exact) mass is 249 g/mol. The molecule has 2 N–H and O–H groups in total. The van der Waals surface area contributed by atoms with Crippen molar-refractivity contribution >= 4 is 10.0 Å². The third kappa shape index (κ3) is 5.27. The fraction of sp³-hybridized carbons (Fsp3) is 1.00. The van der Waals surface area contributed by atoms with E-state index in [4.69, 9.17) is 0 Å². The highest BCUT2D eigenvalue weighted by atomic mass is 32.2. The number of hydrogen-bond acceptors (Lipinski definition) is 3. The zero-order valence-electron chi connectivity index (χ0n) is 9.98. The molecule has 1 fully saturated rings. The van der Waals surface area contributed by atoms with E-state index in [2.05, 4.69) is 4.72 Å². The minimum absolute atomic E-state index is 0.170. The summed E-state index contributed by atoms with van der Waals surface area (Å²) in [4.78, 5) is 0. The van der Waals surface area contributed by atoms with E-state index in [1.165, 1.54) is 19.3 Å². The molecule has 1 unspecified atom stereocenters. The Morgan fingerprint density at radius 3 is 2.50 bits per heavy atom. The van der Waals surface area contributed by atoms with E-state index in [1.807, 2.05) is 0 Å². The van der Waals surface area contributed by atoms with Crippen molar-refractivity contribution < 1.29 is 13.5 Å². The van der Waals surface area contributed by atoms with Gasteiger partial charge in [0.25, 0.3) is 0 Å². The Morgan fingerprint density at radius 1 is 1.31 bits per heavy atom. The van der Waals surface area contributed by atoms with E-state index in [0.29, 0.717) is 18.9 Å². The molecule has 1 atom stereocenters. The van der Waals surface area contributed by atoms with Crippen molar-refractivity contribution in [3.63, 3.8) is 0 Å². The first-order chi connectivity index (χ1) is 7.53. The topological polar surface area (TPSA) is 66.4 Å². The van der Waals surface area contributed by atoms with E-state index in [-0.39, 0.29) is 5.75 Å². The van der Waals surface area contributed by atoms with Crippen LogP contribution in [0.15, 0.2) is 0 Å². The van der Waals surface area contributed by atoms with Crippen LogP contribution in [0.4, 0.5) is 0 Å². The van der Waals surface area contributed by atoms with Crippen molar-refractivity contribution in [2.45, 2.75) is 51.6 Å². The first-order valence-corrected chi connectivity index (χ1v) is 7.84. The second-order valence-electron chi connectivity index (χ2n) is 4.70. The Morgan fingerprint density at radius 2 is 1.94 bits per heavy atom. The average Bonchev–Trinajstić information content (AvgIpc) is 2.27. The SMILES string of the molecule is CCC(O)CS(=O)(=O)NCC1CCCCC1. The second kappa shape index (κ2) is 6.57. The van der Waals surface area contributed by atoms with E-state index in [9.17, 15) is 13.5 Å². The van der Waals surface area contributed by atoms with Gasteiger partial charge in [0, 0.05) is 6.54 Å². The predicted octanol–water partition coefficient (Wildman–Crippen LogP) is 1.26. The third-order valence-corrected chi connectivity index (χ3v) is 4.63. The molecule has 16 heavy (non-hydrogen) atoms. The van der Waals surface area contributed by atoms with Gasteiger partial charge in [-0.2, -0.15) is 0 Å². The summed E-state index contributed by atoms with van der Waals surface area (Å²) >= 11 is 0. The van der Waals surface area contributed by atoms with Gasteiger partial charge in [0.15, 0.2) is 0 Å². The smallest absolute Gasteiger partial charge is 0.214 e. The van der Waals surface area contributed by atoms with Gasteiger partial charge in [-0.05, 0) is 25.2 Å². The lowest BCUT2D eigenvalue weighted by molar-refractivity contribution is 0.192. The number of rotatable bonds is 6. The Balaban J connectivity index is 2.29. The van der Waals surface area contributed by atoms with Gasteiger partial charge in [-0.1, -0.05) is 26.2 Å². The molecule has 0 bridgehead atoms. The largest absolute Gasteiger partial charge is 0.392 e. The average molecular weight is 249 g/mol. The molecule has 0 aromatic rings. The summed E-state index contributed by atoms with van der Waals surface area (Å²) in [5.41, 5.74) is 0. The predicted molar refractivity (Wildman–Crippen MR) is 64.7 cm³/mol. The zero-order valence-corrected chi connectivity index (χ0v) is 10.8. The van der Waals surface area contributed by atoms with E-state index < -0.39 is 16.1 Å². The van der Waals surface area contributed by atoms with Gasteiger partial charge < -0.3 is 5.11 Å². The maximum atomic E-state index is 11.6. The van der Waals surface area contributed by atoms with Gasteiger partial charge in [0.1, 0.15) is 0 Å². The molecule has 0 spiro atoms. The summed E-state index contributed by atoms with van der Waals surface area (Å²) in [5.74, 6) is 0.318. The highest BCUT2D eigenvalue weighted by Crippen LogP contribution is 2.22. The van der Waals surface area contributed by atoms with E-state index in [0.717, 1.165) is 12.8 Å². The van der Waals surface area contributed by atoms with Crippen LogP contribution >= 0.6 is 0 Å². The fourth-order valence-electron chi connectivity index (χ4n) is 2.07. The lowest BCUT2D eigenvalue weighted by Gasteiger charge is -2.22. The highest BCUT2D eigenvalue weighted by molar-refractivity contribution is 7.89. The molecule has 1 aliphatic rings. The van der Waals surface area contributed by atoms with Crippen molar-refractivity contribution in [1.82, 2.24) is 4.72 Å². The van der Waals surface area contributed by atoms with Crippen LogP contribution in [0, 0.1) is 5.92 Å². The van der Waals surface area contributed by atoms with Crippen molar-refractivity contribution in [3.8, 4) is 0 Å². The highest BCUT2D eigenvalue weighted by Gasteiger charge is 2.19. The summed E-state index contributed by atoms with van der Waals surface area (Å²) < 4.78 is 25.7. The second-order valence-corrected chi connectivity index (χ2v) is 6.55. The summed E-state index contributed by atoms with van der Waals surface area (Å²) in [5, 5.41) is 9.31.